The zero-order valence-corrected chi connectivity index (χ0v) is 16.1. The lowest BCUT2D eigenvalue weighted by molar-refractivity contribution is -0.180. The monoisotopic (exact) mass is 373 g/mol. The number of hydrogen-bond acceptors (Lipinski definition) is 3. The summed E-state index contributed by atoms with van der Waals surface area (Å²) in [5.41, 5.74) is 0. The number of ether oxygens (including phenoxy) is 1. The Balaban J connectivity index is 5.42. The molecule has 0 amide bonds. The molecule has 8 heteroatoms. The second-order valence-electron chi connectivity index (χ2n) is 7.28. The van der Waals surface area contributed by atoms with Crippen molar-refractivity contribution in [1.82, 2.24) is 4.72 Å². The van der Waals surface area contributed by atoms with Crippen LogP contribution < -0.4 is 4.72 Å². The molecule has 0 rings (SSSR count). The van der Waals surface area contributed by atoms with E-state index in [1.165, 1.54) is 0 Å². The third-order valence-electron chi connectivity index (χ3n) is 3.32. The van der Waals surface area contributed by atoms with Gasteiger partial charge in [-0.25, -0.2) is 8.93 Å². The average Bonchev–Trinajstić information content (AvgIpc) is 2.39. The molecule has 0 fully saturated rings. The molecule has 0 aromatic rings. The van der Waals surface area contributed by atoms with E-state index in [9.17, 15) is 22.2 Å². The summed E-state index contributed by atoms with van der Waals surface area (Å²) in [5, 5.41) is 0. The van der Waals surface area contributed by atoms with Crippen molar-refractivity contribution in [1.29, 1.82) is 0 Å². The summed E-state index contributed by atoms with van der Waals surface area (Å²) in [7, 11) is -1.95. The molecule has 0 aromatic heterocycles. The van der Waals surface area contributed by atoms with E-state index in [1.807, 2.05) is 6.92 Å². The molecule has 0 bridgehead atoms. The first-order chi connectivity index (χ1) is 10.8. The van der Waals surface area contributed by atoms with Crippen molar-refractivity contribution < 1.29 is 26.9 Å². The van der Waals surface area contributed by atoms with Gasteiger partial charge in [0.15, 0.2) is 0 Å². The Morgan fingerprint density at radius 3 is 2.12 bits per heavy atom. The fourth-order valence-electron chi connectivity index (χ4n) is 1.97. The fourth-order valence-corrected chi connectivity index (χ4v) is 2.85. The first kappa shape index (κ1) is 23.4. The highest BCUT2D eigenvalue weighted by Gasteiger charge is 2.49. The molecule has 0 saturated heterocycles. The topological polar surface area (TPSA) is 55.4 Å². The Morgan fingerprint density at radius 2 is 1.75 bits per heavy atom. The van der Waals surface area contributed by atoms with Crippen molar-refractivity contribution >= 4 is 17.0 Å². The number of carbonyl (C=O) groups excluding carboxylic acids is 1. The van der Waals surface area contributed by atoms with Gasteiger partial charge in [-0.3, -0.25) is 4.79 Å². The van der Waals surface area contributed by atoms with Crippen LogP contribution in [0.2, 0.25) is 0 Å². The maximum Gasteiger partial charge on any atom is 0.405 e. The molecule has 0 aromatic carbocycles. The third-order valence-corrected chi connectivity index (χ3v) is 4.90. The lowest BCUT2D eigenvalue weighted by Crippen LogP contribution is -2.54. The Bertz CT molecular complexity index is 420. The largest absolute Gasteiger partial charge is 0.465 e. The molecule has 3 atom stereocenters. The van der Waals surface area contributed by atoms with Crippen LogP contribution in [-0.2, 0) is 20.5 Å². The molecular formula is C16H30F3NO3S. The molecule has 0 heterocycles. The zero-order valence-electron chi connectivity index (χ0n) is 15.3. The first-order valence-electron chi connectivity index (χ1n) is 8.22. The number of nitrogens with one attached hydrogen (secondary N) is 1. The minimum Gasteiger partial charge on any atom is -0.465 e. The van der Waals surface area contributed by atoms with Gasteiger partial charge in [0.1, 0.15) is 6.04 Å². The second-order valence-corrected chi connectivity index (χ2v) is 9.27. The van der Waals surface area contributed by atoms with Crippen molar-refractivity contribution in [2.75, 3.05) is 6.61 Å². The van der Waals surface area contributed by atoms with Crippen molar-refractivity contribution in [3.63, 3.8) is 0 Å². The van der Waals surface area contributed by atoms with Gasteiger partial charge >= 0.3 is 12.1 Å². The van der Waals surface area contributed by atoms with Crippen molar-refractivity contribution in [3.05, 3.63) is 0 Å². The van der Waals surface area contributed by atoms with Crippen molar-refractivity contribution in [2.24, 2.45) is 11.8 Å². The molecule has 24 heavy (non-hydrogen) atoms. The Kier molecular flexibility index (Phi) is 9.49. The van der Waals surface area contributed by atoms with Gasteiger partial charge in [0, 0.05) is 0 Å². The molecule has 0 saturated carbocycles. The Hall–Kier alpha value is -0.630. The van der Waals surface area contributed by atoms with E-state index in [0.29, 0.717) is 6.42 Å². The maximum absolute atomic E-state index is 13.5. The van der Waals surface area contributed by atoms with E-state index >= 15 is 0 Å². The fraction of sp³-hybridized carbons (Fsp3) is 0.938. The van der Waals surface area contributed by atoms with Gasteiger partial charge in [0.2, 0.25) is 0 Å². The summed E-state index contributed by atoms with van der Waals surface area (Å²) in [5.74, 6) is -2.45. The number of carbonyl (C=O) groups is 1. The highest BCUT2D eigenvalue weighted by Crippen LogP contribution is 2.31. The predicted molar refractivity (Wildman–Crippen MR) is 89.7 cm³/mol. The number of unbranched alkanes of at least 4 members (excludes halogenated alkanes) is 1. The van der Waals surface area contributed by atoms with E-state index < -0.39 is 39.8 Å². The normalized spacial score (nSPS) is 16.8. The van der Waals surface area contributed by atoms with Crippen LogP contribution >= 0.6 is 0 Å². The van der Waals surface area contributed by atoms with Crippen molar-refractivity contribution in [2.45, 2.75) is 77.8 Å². The quantitative estimate of drug-likeness (QED) is 0.491. The SMILES string of the molecule is CCCCOC(=O)[C@@H](CC(C)C)[C@H](N[S@@](=O)C(C)(C)C)C(F)(F)F. The van der Waals surface area contributed by atoms with Gasteiger partial charge in [-0.2, -0.15) is 13.2 Å². The van der Waals surface area contributed by atoms with Crippen LogP contribution in [0.5, 0.6) is 0 Å². The number of hydrogen-bond donors (Lipinski definition) is 1. The summed E-state index contributed by atoms with van der Waals surface area (Å²) >= 11 is 0. The van der Waals surface area contributed by atoms with Gasteiger partial charge in [0.25, 0.3) is 0 Å². The van der Waals surface area contributed by atoms with Crippen LogP contribution in [0, 0.1) is 11.8 Å². The predicted octanol–water partition coefficient (Wildman–Crippen LogP) is 3.97. The zero-order chi connectivity index (χ0) is 19.1. The van der Waals surface area contributed by atoms with Crippen LogP contribution in [0.25, 0.3) is 0 Å². The molecule has 0 aliphatic heterocycles. The number of halogens is 3. The van der Waals surface area contributed by atoms with Crippen LogP contribution in [0.3, 0.4) is 0 Å². The molecule has 0 aliphatic carbocycles. The molecule has 4 nitrogen and oxygen atoms in total. The van der Waals surface area contributed by atoms with E-state index in [0.717, 1.165) is 6.42 Å². The maximum atomic E-state index is 13.5. The lowest BCUT2D eigenvalue weighted by Gasteiger charge is -2.31. The minimum absolute atomic E-state index is 0.00345. The van der Waals surface area contributed by atoms with E-state index in [-0.39, 0.29) is 18.9 Å². The minimum atomic E-state index is -4.70. The molecule has 0 aliphatic rings. The highest BCUT2D eigenvalue weighted by atomic mass is 32.2. The molecule has 0 spiro atoms. The van der Waals surface area contributed by atoms with Crippen molar-refractivity contribution in [3.8, 4) is 0 Å². The number of esters is 1. The van der Waals surface area contributed by atoms with Gasteiger partial charge in [-0.05, 0) is 39.5 Å². The molecule has 0 unspecified atom stereocenters. The van der Waals surface area contributed by atoms with Crippen LogP contribution in [0.1, 0.15) is 60.8 Å². The summed E-state index contributed by atoms with van der Waals surface area (Å²) < 4.78 is 58.9. The molecule has 1 N–H and O–H groups in total. The summed E-state index contributed by atoms with van der Waals surface area (Å²) in [6.07, 6.45) is -3.33. The number of alkyl halides is 3. The Labute approximate surface area is 145 Å². The third kappa shape index (κ3) is 8.46. The molecular weight excluding hydrogens is 343 g/mol. The second kappa shape index (κ2) is 9.75. The summed E-state index contributed by atoms with van der Waals surface area (Å²) in [4.78, 5) is 12.2. The van der Waals surface area contributed by atoms with Gasteiger partial charge in [0.05, 0.1) is 28.3 Å². The standard InChI is InChI=1S/C16H30F3NO3S/c1-7-8-9-23-14(21)12(10-11(2)3)13(16(17,18)19)20-24(22)15(4,5)6/h11-13,20H,7-10H2,1-6H3/t12-,13-,24-/m0/s1. The number of rotatable bonds is 9. The van der Waals surface area contributed by atoms with Crippen LogP contribution in [0.4, 0.5) is 13.2 Å². The van der Waals surface area contributed by atoms with Gasteiger partial charge in [-0.1, -0.05) is 27.2 Å². The van der Waals surface area contributed by atoms with E-state index in [2.05, 4.69) is 4.72 Å². The highest BCUT2D eigenvalue weighted by molar-refractivity contribution is 7.84. The van der Waals surface area contributed by atoms with Crippen LogP contribution in [-0.4, -0.2) is 33.8 Å². The Morgan fingerprint density at radius 1 is 1.21 bits per heavy atom. The van der Waals surface area contributed by atoms with Gasteiger partial charge < -0.3 is 4.74 Å². The van der Waals surface area contributed by atoms with E-state index in [4.69, 9.17) is 4.74 Å². The lowest BCUT2D eigenvalue weighted by atomic mass is 9.90. The molecule has 144 valence electrons. The summed E-state index contributed by atoms with van der Waals surface area (Å²) in [6, 6.07) is -2.20. The van der Waals surface area contributed by atoms with Crippen LogP contribution in [0.15, 0.2) is 0 Å². The smallest absolute Gasteiger partial charge is 0.405 e. The molecule has 0 radical (unpaired) electrons. The van der Waals surface area contributed by atoms with E-state index in [1.54, 1.807) is 34.6 Å². The first-order valence-corrected chi connectivity index (χ1v) is 9.37. The summed E-state index contributed by atoms with van der Waals surface area (Å²) in [6.45, 7) is 10.2. The average molecular weight is 373 g/mol. The van der Waals surface area contributed by atoms with Gasteiger partial charge in [-0.15, -0.1) is 0 Å².